The fourth-order valence-electron chi connectivity index (χ4n) is 1.73. The third-order valence-corrected chi connectivity index (χ3v) is 3.10. The van der Waals surface area contributed by atoms with E-state index >= 15 is 0 Å². The minimum atomic E-state index is -0.544. The zero-order chi connectivity index (χ0) is 15.3. The number of anilines is 1. The van der Waals surface area contributed by atoms with Gasteiger partial charge in [-0.2, -0.15) is 0 Å². The fraction of sp³-hybridized carbons (Fsp3) is 0.467. The molecule has 1 rings (SSSR count). The molecule has 0 aliphatic heterocycles. The van der Waals surface area contributed by atoms with Crippen molar-refractivity contribution in [1.82, 2.24) is 5.32 Å². The van der Waals surface area contributed by atoms with Gasteiger partial charge in [-0.1, -0.05) is 13.8 Å². The van der Waals surface area contributed by atoms with Crippen LogP contribution in [-0.2, 0) is 4.79 Å². The zero-order valence-corrected chi connectivity index (χ0v) is 12.5. The molecule has 0 aliphatic carbocycles. The highest BCUT2D eigenvalue weighted by Crippen LogP contribution is 2.17. The average molecular weight is 277 g/mol. The fourth-order valence-corrected chi connectivity index (χ4v) is 1.73. The molecule has 2 amide bonds. The number of aryl methyl sites for hydroxylation is 1. The van der Waals surface area contributed by atoms with Gasteiger partial charge in [0.25, 0.3) is 5.91 Å². The van der Waals surface area contributed by atoms with Gasteiger partial charge in [0, 0.05) is 17.8 Å². The second kappa shape index (κ2) is 7.05. The molecule has 1 aromatic carbocycles. The van der Waals surface area contributed by atoms with Gasteiger partial charge in [0.1, 0.15) is 0 Å². The Morgan fingerprint density at radius 3 is 2.45 bits per heavy atom. The van der Waals surface area contributed by atoms with Crippen LogP contribution in [0.5, 0.6) is 0 Å². The maximum absolute atomic E-state index is 11.9. The molecule has 5 heteroatoms. The number of benzene rings is 1. The summed E-state index contributed by atoms with van der Waals surface area (Å²) < 4.78 is 0. The van der Waals surface area contributed by atoms with Gasteiger partial charge in [0.05, 0.1) is 6.04 Å². The maximum atomic E-state index is 11.9. The molecule has 0 fully saturated rings. The van der Waals surface area contributed by atoms with Gasteiger partial charge in [0.2, 0.25) is 5.91 Å². The number of nitrogens with two attached hydrogens (primary N) is 1. The van der Waals surface area contributed by atoms with Crippen molar-refractivity contribution >= 4 is 17.5 Å². The SMILES string of the molecule is CCNC(=O)c1ccc(NC(=O)[C@@H](N)C(C)C)c(C)c1. The number of nitrogens with one attached hydrogen (secondary N) is 2. The highest BCUT2D eigenvalue weighted by atomic mass is 16.2. The first-order chi connectivity index (χ1) is 9.36. The van der Waals surface area contributed by atoms with E-state index in [0.717, 1.165) is 5.56 Å². The molecule has 0 radical (unpaired) electrons. The van der Waals surface area contributed by atoms with Gasteiger partial charge in [0.15, 0.2) is 0 Å². The van der Waals surface area contributed by atoms with Crippen LogP contribution in [0, 0.1) is 12.8 Å². The van der Waals surface area contributed by atoms with Crippen LogP contribution in [0.25, 0.3) is 0 Å². The van der Waals surface area contributed by atoms with Gasteiger partial charge in [-0.25, -0.2) is 0 Å². The highest BCUT2D eigenvalue weighted by Gasteiger charge is 2.18. The van der Waals surface area contributed by atoms with E-state index < -0.39 is 6.04 Å². The van der Waals surface area contributed by atoms with E-state index in [-0.39, 0.29) is 17.7 Å². The van der Waals surface area contributed by atoms with Crippen molar-refractivity contribution in [3.05, 3.63) is 29.3 Å². The summed E-state index contributed by atoms with van der Waals surface area (Å²) in [7, 11) is 0. The Labute approximate surface area is 119 Å². The van der Waals surface area contributed by atoms with Crippen molar-refractivity contribution in [2.24, 2.45) is 11.7 Å². The van der Waals surface area contributed by atoms with Crippen molar-refractivity contribution in [3.8, 4) is 0 Å². The van der Waals surface area contributed by atoms with Crippen LogP contribution < -0.4 is 16.4 Å². The molecule has 4 N–H and O–H groups in total. The van der Waals surface area contributed by atoms with Gasteiger partial charge in [-0.15, -0.1) is 0 Å². The molecule has 1 aromatic rings. The minimum absolute atomic E-state index is 0.0740. The molecular formula is C15H23N3O2. The second-order valence-corrected chi connectivity index (χ2v) is 5.15. The van der Waals surface area contributed by atoms with Crippen LogP contribution >= 0.6 is 0 Å². The molecule has 0 aromatic heterocycles. The largest absolute Gasteiger partial charge is 0.352 e. The molecule has 0 aliphatic rings. The molecule has 0 saturated carbocycles. The van der Waals surface area contributed by atoms with Crippen molar-refractivity contribution in [2.75, 3.05) is 11.9 Å². The zero-order valence-electron chi connectivity index (χ0n) is 12.5. The number of hydrogen-bond acceptors (Lipinski definition) is 3. The van der Waals surface area contributed by atoms with Crippen LogP contribution in [0.4, 0.5) is 5.69 Å². The van der Waals surface area contributed by atoms with Gasteiger partial charge < -0.3 is 16.4 Å². The third kappa shape index (κ3) is 4.06. The number of amides is 2. The van der Waals surface area contributed by atoms with Crippen LogP contribution in [-0.4, -0.2) is 24.4 Å². The molecule has 0 spiro atoms. The lowest BCUT2D eigenvalue weighted by Gasteiger charge is -2.16. The minimum Gasteiger partial charge on any atom is -0.352 e. The first-order valence-corrected chi connectivity index (χ1v) is 6.82. The van der Waals surface area contributed by atoms with Crippen LogP contribution in [0.2, 0.25) is 0 Å². The monoisotopic (exact) mass is 277 g/mol. The highest BCUT2D eigenvalue weighted by molar-refractivity contribution is 5.98. The number of rotatable bonds is 5. The van der Waals surface area contributed by atoms with Crippen molar-refractivity contribution in [3.63, 3.8) is 0 Å². The number of carbonyl (C=O) groups is 2. The summed E-state index contributed by atoms with van der Waals surface area (Å²) in [4.78, 5) is 23.6. The van der Waals surface area contributed by atoms with Crippen molar-refractivity contribution < 1.29 is 9.59 Å². The molecule has 5 nitrogen and oxygen atoms in total. The quantitative estimate of drug-likeness (QED) is 0.765. The number of hydrogen-bond donors (Lipinski definition) is 3. The van der Waals surface area contributed by atoms with Gasteiger partial charge in [-0.3, -0.25) is 9.59 Å². The van der Waals surface area contributed by atoms with E-state index in [9.17, 15) is 9.59 Å². The molecule has 0 heterocycles. The Balaban J connectivity index is 2.84. The summed E-state index contributed by atoms with van der Waals surface area (Å²) in [6.07, 6.45) is 0. The van der Waals surface area contributed by atoms with E-state index in [2.05, 4.69) is 10.6 Å². The lowest BCUT2D eigenvalue weighted by molar-refractivity contribution is -0.118. The van der Waals surface area contributed by atoms with Crippen molar-refractivity contribution in [2.45, 2.75) is 33.7 Å². The standard InChI is InChI=1S/C15H23N3O2/c1-5-17-14(19)11-6-7-12(10(4)8-11)18-15(20)13(16)9(2)3/h6-9,13H,5,16H2,1-4H3,(H,17,19)(H,18,20)/t13-/m0/s1. The van der Waals surface area contributed by atoms with Crippen LogP contribution in [0.3, 0.4) is 0 Å². The summed E-state index contributed by atoms with van der Waals surface area (Å²) in [6, 6.07) is 4.62. The molecule has 20 heavy (non-hydrogen) atoms. The van der Waals surface area contributed by atoms with E-state index in [1.165, 1.54) is 0 Å². The topological polar surface area (TPSA) is 84.2 Å². The lowest BCUT2D eigenvalue weighted by atomic mass is 10.0. The van der Waals surface area contributed by atoms with E-state index in [1.807, 2.05) is 27.7 Å². The first kappa shape index (κ1) is 16.2. The summed E-state index contributed by atoms with van der Waals surface area (Å²) in [5.74, 6) is -0.258. The lowest BCUT2D eigenvalue weighted by Crippen LogP contribution is -2.39. The smallest absolute Gasteiger partial charge is 0.251 e. The Hall–Kier alpha value is -1.88. The van der Waals surface area contributed by atoms with Gasteiger partial charge in [-0.05, 0) is 43.5 Å². The second-order valence-electron chi connectivity index (χ2n) is 5.15. The third-order valence-electron chi connectivity index (χ3n) is 3.10. The molecule has 110 valence electrons. The van der Waals surface area contributed by atoms with Gasteiger partial charge >= 0.3 is 0 Å². The Kier molecular flexibility index (Phi) is 5.70. The first-order valence-electron chi connectivity index (χ1n) is 6.82. The molecule has 0 unspecified atom stereocenters. The molecule has 1 atom stereocenters. The predicted octanol–water partition coefficient (Wildman–Crippen LogP) is 1.67. The van der Waals surface area contributed by atoms with E-state index in [0.29, 0.717) is 17.8 Å². The number of carbonyl (C=O) groups excluding carboxylic acids is 2. The normalized spacial score (nSPS) is 12.1. The molecule has 0 saturated heterocycles. The predicted molar refractivity (Wildman–Crippen MR) is 80.6 cm³/mol. The average Bonchev–Trinajstić information content (AvgIpc) is 2.40. The Morgan fingerprint density at radius 2 is 1.95 bits per heavy atom. The summed E-state index contributed by atoms with van der Waals surface area (Å²) in [5, 5.41) is 5.53. The van der Waals surface area contributed by atoms with Crippen LogP contribution in [0.1, 0.15) is 36.7 Å². The summed E-state index contributed by atoms with van der Waals surface area (Å²) in [6.45, 7) is 8.09. The molecular weight excluding hydrogens is 254 g/mol. The maximum Gasteiger partial charge on any atom is 0.251 e. The molecule has 0 bridgehead atoms. The van der Waals surface area contributed by atoms with Crippen molar-refractivity contribution in [1.29, 1.82) is 0 Å². The summed E-state index contributed by atoms with van der Waals surface area (Å²) in [5.41, 5.74) is 7.89. The van der Waals surface area contributed by atoms with E-state index in [1.54, 1.807) is 18.2 Å². The Bertz CT molecular complexity index is 498. The van der Waals surface area contributed by atoms with E-state index in [4.69, 9.17) is 5.73 Å². The summed E-state index contributed by atoms with van der Waals surface area (Å²) >= 11 is 0. The van der Waals surface area contributed by atoms with Crippen LogP contribution in [0.15, 0.2) is 18.2 Å². The Morgan fingerprint density at radius 1 is 1.30 bits per heavy atom.